The number of anilines is 3. The molecular formula is C61H37NOS. The lowest BCUT2D eigenvalue weighted by atomic mass is 9.70. The summed E-state index contributed by atoms with van der Waals surface area (Å²) in [6.07, 6.45) is 0. The summed E-state index contributed by atoms with van der Waals surface area (Å²) in [5.41, 5.74) is 19.5. The lowest BCUT2D eigenvalue weighted by molar-refractivity contribution is 0.670. The Kier molecular flexibility index (Phi) is 7.51. The molecule has 0 unspecified atom stereocenters. The molecule has 2 aliphatic carbocycles. The zero-order chi connectivity index (χ0) is 41.9. The number of rotatable bonds is 5. The molecule has 0 saturated carbocycles. The zero-order valence-electron chi connectivity index (χ0n) is 34.6. The molecule has 14 rings (SSSR count). The second kappa shape index (κ2) is 13.5. The third-order valence-electron chi connectivity index (χ3n) is 13.9. The number of hydrogen-bond donors (Lipinski definition) is 0. The van der Waals surface area contributed by atoms with E-state index in [4.69, 9.17) is 4.42 Å². The first-order chi connectivity index (χ1) is 31.8. The predicted molar refractivity (Wildman–Crippen MR) is 268 cm³/mol. The van der Waals surface area contributed by atoms with Crippen LogP contribution in [0.3, 0.4) is 0 Å². The summed E-state index contributed by atoms with van der Waals surface area (Å²) in [4.78, 5) is 2.56. The van der Waals surface area contributed by atoms with Crippen molar-refractivity contribution < 1.29 is 4.42 Å². The summed E-state index contributed by atoms with van der Waals surface area (Å²) in [5.74, 6) is 0. The van der Waals surface area contributed by atoms with E-state index < -0.39 is 5.41 Å². The number of para-hydroxylation sites is 4. The number of nitrogens with zero attached hydrogens (tertiary/aromatic N) is 1. The molecule has 12 aromatic rings. The van der Waals surface area contributed by atoms with Gasteiger partial charge in [-0.1, -0.05) is 188 Å². The van der Waals surface area contributed by atoms with E-state index in [1.165, 1.54) is 75.8 Å². The molecule has 1 spiro atoms. The smallest absolute Gasteiger partial charge is 0.143 e. The second-order valence-electron chi connectivity index (χ2n) is 17.0. The van der Waals surface area contributed by atoms with Crippen LogP contribution in [-0.4, -0.2) is 0 Å². The van der Waals surface area contributed by atoms with Crippen LogP contribution < -0.4 is 4.90 Å². The summed E-state index contributed by atoms with van der Waals surface area (Å²) >= 11 is 1.86. The van der Waals surface area contributed by atoms with Crippen molar-refractivity contribution in [3.05, 3.63) is 247 Å². The Balaban J connectivity index is 1.11. The van der Waals surface area contributed by atoms with Gasteiger partial charge in [0.2, 0.25) is 0 Å². The Morgan fingerprint density at radius 2 is 0.797 bits per heavy atom. The highest BCUT2D eigenvalue weighted by Gasteiger charge is 2.52. The molecule has 3 heteroatoms. The monoisotopic (exact) mass is 831 g/mol. The number of hydrogen-bond acceptors (Lipinski definition) is 3. The van der Waals surface area contributed by atoms with E-state index in [1.807, 2.05) is 11.3 Å². The van der Waals surface area contributed by atoms with Crippen LogP contribution in [0.15, 0.2) is 229 Å². The molecule has 10 aromatic carbocycles. The van der Waals surface area contributed by atoms with Gasteiger partial charge in [0.1, 0.15) is 11.2 Å². The molecule has 2 aliphatic rings. The fourth-order valence-electron chi connectivity index (χ4n) is 11.5. The van der Waals surface area contributed by atoms with Crippen LogP contribution in [0.5, 0.6) is 0 Å². The van der Waals surface area contributed by atoms with Gasteiger partial charge in [-0.2, -0.15) is 0 Å². The standard InChI is InChI=1S/C61H37NOS/c1-8-28-48-38(18-1)39-19-2-9-29-49(39)61(48)50-30-10-3-23-46(50)59-51(61)31-17-34-54(59)62(52-32-11-4-20-40(52)43-25-16-37-57-58(43)47-24-7-14-36-56(47)64-57)53-33-12-5-21-41(53)44-26-15-27-45-42-22-6-13-35-55(42)63-60(44)45/h1-37H. The van der Waals surface area contributed by atoms with Crippen molar-refractivity contribution in [1.29, 1.82) is 0 Å². The number of thiophene rings is 1. The second-order valence-corrected chi connectivity index (χ2v) is 18.1. The van der Waals surface area contributed by atoms with Crippen molar-refractivity contribution in [1.82, 2.24) is 0 Å². The molecule has 0 bridgehead atoms. The lowest BCUT2D eigenvalue weighted by Gasteiger charge is -2.33. The maximum absolute atomic E-state index is 6.79. The molecule has 0 atom stereocenters. The molecule has 0 fully saturated rings. The first-order valence-corrected chi connectivity index (χ1v) is 22.8. The molecule has 64 heavy (non-hydrogen) atoms. The van der Waals surface area contributed by atoms with Gasteiger partial charge in [0.05, 0.1) is 22.5 Å². The first-order valence-electron chi connectivity index (χ1n) is 22.0. The van der Waals surface area contributed by atoms with E-state index in [2.05, 4.69) is 229 Å². The molecular weight excluding hydrogens is 795 g/mol. The lowest BCUT2D eigenvalue weighted by Crippen LogP contribution is -2.26. The van der Waals surface area contributed by atoms with Crippen LogP contribution in [-0.2, 0) is 5.41 Å². The van der Waals surface area contributed by atoms with Crippen LogP contribution >= 0.6 is 11.3 Å². The van der Waals surface area contributed by atoms with E-state index >= 15 is 0 Å². The highest BCUT2D eigenvalue weighted by molar-refractivity contribution is 7.25. The van der Waals surface area contributed by atoms with Gasteiger partial charge >= 0.3 is 0 Å². The largest absolute Gasteiger partial charge is 0.455 e. The topological polar surface area (TPSA) is 16.4 Å². The molecule has 0 amide bonds. The summed E-state index contributed by atoms with van der Waals surface area (Å²) in [6.45, 7) is 0. The molecule has 0 N–H and O–H groups in total. The van der Waals surface area contributed by atoms with Crippen LogP contribution in [0.4, 0.5) is 17.1 Å². The van der Waals surface area contributed by atoms with Gasteiger partial charge in [0, 0.05) is 53.2 Å². The Bertz CT molecular complexity index is 3840. The average Bonchev–Trinajstić information content (AvgIpc) is 4.10. The van der Waals surface area contributed by atoms with Gasteiger partial charge in [-0.25, -0.2) is 0 Å². The number of benzene rings is 10. The van der Waals surface area contributed by atoms with Crippen molar-refractivity contribution in [2.24, 2.45) is 0 Å². The van der Waals surface area contributed by atoms with Gasteiger partial charge in [0.25, 0.3) is 0 Å². The molecule has 2 aromatic heterocycles. The summed E-state index contributed by atoms with van der Waals surface area (Å²) in [7, 11) is 0. The van der Waals surface area contributed by atoms with E-state index in [0.717, 1.165) is 50.1 Å². The SMILES string of the molecule is c1ccc(N(c2ccccc2-c2cccc3sc4ccccc4c23)c2cccc3c2-c2ccccc2C32c3ccccc3-c3ccccc32)c(-c2cccc3c2oc2ccccc23)c1. The minimum Gasteiger partial charge on any atom is -0.455 e. The summed E-state index contributed by atoms with van der Waals surface area (Å²) in [6, 6.07) is 82.8. The van der Waals surface area contributed by atoms with E-state index in [0.29, 0.717) is 0 Å². The van der Waals surface area contributed by atoms with Crippen molar-refractivity contribution in [2.45, 2.75) is 5.41 Å². The summed E-state index contributed by atoms with van der Waals surface area (Å²) in [5, 5.41) is 4.81. The fraction of sp³-hybridized carbons (Fsp3) is 0.0164. The van der Waals surface area contributed by atoms with Crippen molar-refractivity contribution in [2.75, 3.05) is 4.90 Å². The number of fused-ring (bicyclic) bond motifs is 16. The highest BCUT2D eigenvalue weighted by Crippen LogP contribution is 2.65. The number of furan rings is 1. The van der Waals surface area contributed by atoms with E-state index in [9.17, 15) is 0 Å². The van der Waals surface area contributed by atoms with Crippen molar-refractivity contribution >= 4 is 70.5 Å². The van der Waals surface area contributed by atoms with Gasteiger partial charge < -0.3 is 9.32 Å². The van der Waals surface area contributed by atoms with Crippen LogP contribution in [0, 0.1) is 0 Å². The average molecular weight is 832 g/mol. The van der Waals surface area contributed by atoms with Gasteiger partial charge in [0.15, 0.2) is 0 Å². The van der Waals surface area contributed by atoms with Crippen molar-refractivity contribution in [3.8, 4) is 44.5 Å². The zero-order valence-corrected chi connectivity index (χ0v) is 35.4. The normalized spacial score (nSPS) is 13.1. The molecule has 298 valence electrons. The van der Waals surface area contributed by atoms with Gasteiger partial charge in [-0.15, -0.1) is 11.3 Å². The maximum Gasteiger partial charge on any atom is 0.143 e. The Labute approximate surface area is 374 Å². The van der Waals surface area contributed by atoms with Gasteiger partial charge in [-0.3, -0.25) is 0 Å². The third kappa shape index (κ3) is 4.74. The third-order valence-corrected chi connectivity index (χ3v) is 15.1. The van der Waals surface area contributed by atoms with Crippen LogP contribution in [0.25, 0.3) is 86.6 Å². The van der Waals surface area contributed by atoms with Gasteiger partial charge in [-0.05, 0) is 80.9 Å². The van der Waals surface area contributed by atoms with Crippen LogP contribution in [0.1, 0.15) is 22.3 Å². The molecule has 0 radical (unpaired) electrons. The maximum atomic E-state index is 6.79. The van der Waals surface area contributed by atoms with E-state index in [1.54, 1.807) is 0 Å². The van der Waals surface area contributed by atoms with E-state index in [-0.39, 0.29) is 0 Å². The van der Waals surface area contributed by atoms with Crippen molar-refractivity contribution in [3.63, 3.8) is 0 Å². The Hall–Kier alpha value is -7.98. The predicted octanol–water partition coefficient (Wildman–Crippen LogP) is 17.1. The molecule has 0 saturated heterocycles. The fourth-order valence-corrected chi connectivity index (χ4v) is 12.6. The molecule has 2 nitrogen and oxygen atoms in total. The Morgan fingerprint density at radius 1 is 0.328 bits per heavy atom. The molecule has 0 aliphatic heterocycles. The highest BCUT2D eigenvalue weighted by atomic mass is 32.1. The van der Waals surface area contributed by atoms with Crippen LogP contribution in [0.2, 0.25) is 0 Å². The Morgan fingerprint density at radius 3 is 1.55 bits per heavy atom. The minimum absolute atomic E-state index is 0.485. The summed E-state index contributed by atoms with van der Waals surface area (Å²) < 4.78 is 9.37. The first kappa shape index (κ1) is 35.6. The molecule has 2 heterocycles. The minimum atomic E-state index is -0.485. The quantitative estimate of drug-likeness (QED) is 0.172.